The Balaban J connectivity index is 1.97. The Morgan fingerprint density at radius 3 is 2.61 bits per heavy atom. The van der Waals surface area contributed by atoms with Crippen LogP contribution < -0.4 is 9.47 Å². The van der Waals surface area contributed by atoms with E-state index in [0.717, 1.165) is 0 Å². The molecule has 0 aromatic heterocycles. The quantitative estimate of drug-likeness (QED) is 0.391. The van der Waals surface area contributed by atoms with Gasteiger partial charge in [0.2, 0.25) is 5.90 Å². The van der Waals surface area contributed by atoms with Gasteiger partial charge in [0.1, 0.15) is 0 Å². The number of aliphatic imine (C=N–C) groups is 1. The molecule has 0 saturated heterocycles. The Morgan fingerprint density at radius 2 is 1.96 bits per heavy atom. The van der Waals surface area contributed by atoms with E-state index in [1.807, 2.05) is 19.9 Å². The fourth-order valence-electron chi connectivity index (χ4n) is 2.52. The Morgan fingerprint density at radius 1 is 1.21 bits per heavy atom. The number of benzene rings is 2. The average molecular weight is 485 g/mol. The van der Waals surface area contributed by atoms with Gasteiger partial charge in [-0.15, -0.1) is 0 Å². The summed E-state index contributed by atoms with van der Waals surface area (Å²) in [5.74, 6) is 0.680. The molecule has 146 valence electrons. The van der Waals surface area contributed by atoms with Gasteiger partial charge >= 0.3 is 5.97 Å². The van der Waals surface area contributed by atoms with E-state index in [1.165, 1.54) is 0 Å². The number of rotatable bonds is 5. The number of cyclic esters (lactones) is 1. The molecule has 0 fully saturated rings. The lowest BCUT2D eigenvalue weighted by atomic mass is 10.1. The predicted molar refractivity (Wildman–Crippen MR) is 114 cm³/mol. The maximum atomic E-state index is 12.3. The third-order valence-corrected chi connectivity index (χ3v) is 4.83. The second kappa shape index (κ2) is 8.55. The van der Waals surface area contributed by atoms with Crippen molar-refractivity contribution < 1.29 is 19.0 Å². The highest BCUT2D eigenvalue weighted by atomic mass is 79.9. The maximum Gasteiger partial charge on any atom is 0.363 e. The van der Waals surface area contributed by atoms with Gasteiger partial charge in [0.05, 0.1) is 28.3 Å². The van der Waals surface area contributed by atoms with Crippen LogP contribution in [0.25, 0.3) is 6.08 Å². The van der Waals surface area contributed by atoms with Crippen LogP contribution in [0.5, 0.6) is 11.5 Å². The van der Waals surface area contributed by atoms with Gasteiger partial charge in [-0.25, -0.2) is 9.79 Å². The normalized spacial score (nSPS) is 15.0. The number of ether oxygens (including phenoxy) is 3. The van der Waals surface area contributed by atoms with E-state index < -0.39 is 5.97 Å². The molecular formula is C20H16BrCl2NO4. The molecule has 3 rings (SSSR count). The average Bonchev–Trinajstić information content (AvgIpc) is 2.97. The van der Waals surface area contributed by atoms with Gasteiger partial charge in [0.25, 0.3) is 0 Å². The third-order valence-electron chi connectivity index (χ3n) is 3.69. The molecule has 0 radical (unpaired) electrons. The van der Waals surface area contributed by atoms with Crippen molar-refractivity contribution in [2.24, 2.45) is 4.99 Å². The molecule has 0 amide bonds. The third kappa shape index (κ3) is 4.51. The molecule has 0 unspecified atom stereocenters. The van der Waals surface area contributed by atoms with Crippen LogP contribution in [-0.4, -0.2) is 25.1 Å². The first-order valence-electron chi connectivity index (χ1n) is 8.30. The van der Waals surface area contributed by atoms with Gasteiger partial charge in [0.15, 0.2) is 17.2 Å². The van der Waals surface area contributed by atoms with Gasteiger partial charge in [-0.1, -0.05) is 23.2 Å². The van der Waals surface area contributed by atoms with Crippen LogP contribution >= 0.6 is 39.1 Å². The lowest BCUT2D eigenvalue weighted by Gasteiger charge is -2.15. The van der Waals surface area contributed by atoms with Crippen LogP contribution in [0.15, 0.2) is 45.5 Å². The Bertz CT molecular complexity index is 1000. The number of halogens is 3. The summed E-state index contributed by atoms with van der Waals surface area (Å²) in [6, 6.07) is 8.43. The summed E-state index contributed by atoms with van der Waals surface area (Å²) in [6.07, 6.45) is 1.58. The van der Waals surface area contributed by atoms with Gasteiger partial charge in [-0.3, -0.25) is 0 Å². The zero-order valence-corrected chi connectivity index (χ0v) is 18.4. The minimum Gasteiger partial charge on any atom is -0.493 e. The standard InChI is InChI=1S/C20H16BrCl2NO4/c1-10(2)27-18-14(21)6-11(8-17(18)26-3)7-16-20(25)28-19(24-16)13-5-4-12(22)9-15(13)23/h4-10H,1-3H3/b16-7-. The molecule has 1 aliphatic rings. The minimum absolute atomic E-state index is 0.0181. The molecule has 0 bridgehead atoms. The minimum atomic E-state index is -0.571. The maximum absolute atomic E-state index is 12.3. The highest BCUT2D eigenvalue weighted by Gasteiger charge is 2.26. The van der Waals surface area contributed by atoms with Crippen LogP contribution in [-0.2, 0) is 9.53 Å². The first kappa shape index (κ1) is 20.7. The topological polar surface area (TPSA) is 57.1 Å². The summed E-state index contributed by atoms with van der Waals surface area (Å²) in [5, 5.41) is 0.829. The predicted octanol–water partition coefficient (Wildman–Crippen LogP) is 5.90. The van der Waals surface area contributed by atoms with E-state index in [0.29, 0.717) is 37.1 Å². The summed E-state index contributed by atoms with van der Waals surface area (Å²) >= 11 is 15.6. The van der Waals surface area contributed by atoms with Crippen molar-refractivity contribution in [2.45, 2.75) is 20.0 Å². The SMILES string of the molecule is COc1cc(/C=C2\N=C(c3ccc(Cl)cc3Cl)OC2=O)cc(Br)c1OC(C)C. The number of methoxy groups -OCH3 is 1. The van der Waals surface area contributed by atoms with Gasteiger partial charge in [-0.2, -0.15) is 0 Å². The fraction of sp³-hybridized carbons (Fsp3) is 0.200. The van der Waals surface area contributed by atoms with Crippen LogP contribution in [0.3, 0.4) is 0 Å². The lowest BCUT2D eigenvalue weighted by molar-refractivity contribution is -0.129. The summed E-state index contributed by atoms with van der Waals surface area (Å²) in [6.45, 7) is 3.85. The van der Waals surface area contributed by atoms with Crippen molar-refractivity contribution in [3.8, 4) is 11.5 Å². The Labute approximate surface area is 181 Å². The molecule has 5 nitrogen and oxygen atoms in total. The first-order valence-corrected chi connectivity index (χ1v) is 9.85. The van der Waals surface area contributed by atoms with Crippen molar-refractivity contribution in [1.82, 2.24) is 0 Å². The highest BCUT2D eigenvalue weighted by Crippen LogP contribution is 2.38. The van der Waals surface area contributed by atoms with Gasteiger partial charge in [0, 0.05) is 5.02 Å². The van der Waals surface area contributed by atoms with E-state index >= 15 is 0 Å². The molecule has 0 aliphatic carbocycles. The number of nitrogens with zero attached hydrogens (tertiary/aromatic N) is 1. The van der Waals surface area contributed by atoms with Crippen LogP contribution in [0.2, 0.25) is 10.0 Å². The van der Waals surface area contributed by atoms with E-state index in [9.17, 15) is 4.79 Å². The first-order chi connectivity index (χ1) is 13.3. The summed E-state index contributed by atoms with van der Waals surface area (Å²) in [5.41, 5.74) is 1.33. The summed E-state index contributed by atoms with van der Waals surface area (Å²) < 4.78 is 17.1. The van der Waals surface area contributed by atoms with Crippen molar-refractivity contribution in [1.29, 1.82) is 0 Å². The zero-order chi connectivity index (χ0) is 20.4. The van der Waals surface area contributed by atoms with Crippen molar-refractivity contribution in [3.05, 3.63) is 61.7 Å². The molecule has 0 saturated carbocycles. The van der Waals surface area contributed by atoms with Crippen LogP contribution in [0, 0.1) is 0 Å². The van der Waals surface area contributed by atoms with E-state index in [4.69, 9.17) is 37.4 Å². The van der Waals surface area contributed by atoms with Crippen molar-refractivity contribution in [3.63, 3.8) is 0 Å². The largest absolute Gasteiger partial charge is 0.493 e. The number of carbonyl (C=O) groups is 1. The summed E-state index contributed by atoms with van der Waals surface area (Å²) in [4.78, 5) is 16.5. The van der Waals surface area contributed by atoms with Gasteiger partial charge < -0.3 is 14.2 Å². The molecule has 1 aliphatic heterocycles. The van der Waals surface area contributed by atoms with Gasteiger partial charge in [-0.05, 0) is 71.7 Å². The van der Waals surface area contributed by atoms with Crippen molar-refractivity contribution in [2.75, 3.05) is 7.11 Å². The second-order valence-corrected chi connectivity index (χ2v) is 7.86. The zero-order valence-electron chi connectivity index (χ0n) is 15.3. The molecule has 28 heavy (non-hydrogen) atoms. The number of hydrogen-bond donors (Lipinski definition) is 0. The summed E-state index contributed by atoms with van der Waals surface area (Å²) in [7, 11) is 1.55. The molecule has 0 N–H and O–H groups in total. The fourth-order valence-corrected chi connectivity index (χ4v) is 3.56. The van der Waals surface area contributed by atoms with E-state index in [1.54, 1.807) is 37.5 Å². The lowest BCUT2D eigenvalue weighted by Crippen LogP contribution is -2.07. The number of hydrogen-bond acceptors (Lipinski definition) is 5. The molecule has 0 spiro atoms. The molecule has 2 aromatic rings. The molecule has 8 heteroatoms. The highest BCUT2D eigenvalue weighted by molar-refractivity contribution is 9.10. The van der Waals surface area contributed by atoms with Crippen LogP contribution in [0.1, 0.15) is 25.0 Å². The van der Waals surface area contributed by atoms with E-state index in [-0.39, 0.29) is 17.7 Å². The second-order valence-electron chi connectivity index (χ2n) is 6.16. The Hall–Kier alpha value is -2.02. The molecule has 1 heterocycles. The number of carbonyl (C=O) groups excluding carboxylic acids is 1. The molecule has 0 atom stereocenters. The number of esters is 1. The Kier molecular flexibility index (Phi) is 6.33. The van der Waals surface area contributed by atoms with E-state index in [2.05, 4.69) is 20.9 Å². The monoisotopic (exact) mass is 483 g/mol. The van der Waals surface area contributed by atoms with Crippen LogP contribution in [0.4, 0.5) is 0 Å². The van der Waals surface area contributed by atoms with Crippen molar-refractivity contribution >= 4 is 57.1 Å². The molecular weight excluding hydrogens is 469 g/mol. The molecule has 2 aromatic carbocycles. The smallest absolute Gasteiger partial charge is 0.363 e.